The Bertz CT molecular complexity index is 563. The first-order valence-electron chi connectivity index (χ1n) is 7.35. The molecule has 1 unspecified atom stereocenters. The van der Waals surface area contributed by atoms with Crippen LogP contribution in [0.25, 0.3) is 10.9 Å². The summed E-state index contributed by atoms with van der Waals surface area (Å²) in [6.07, 6.45) is 5.38. The van der Waals surface area contributed by atoms with Gasteiger partial charge in [-0.3, -0.25) is 9.78 Å². The van der Waals surface area contributed by atoms with Gasteiger partial charge in [-0.2, -0.15) is 0 Å². The van der Waals surface area contributed by atoms with Gasteiger partial charge in [0.15, 0.2) is 0 Å². The minimum Gasteiger partial charge on any atom is -0.506 e. The number of aliphatic carboxylic acids is 1. The number of carboxylic acids is 1. The van der Waals surface area contributed by atoms with E-state index in [1.54, 1.807) is 18.3 Å². The van der Waals surface area contributed by atoms with Crippen LogP contribution < -0.4 is 0 Å². The number of hydrogen-bond donors (Lipinski definition) is 2. The molecule has 0 radical (unpaired) electrons. The summed E-state index contributed by atoms with van der Waals surface area (Å²) in [6, 6.07) is 9.13. The van der Waals surface area contributed by atoms with Gasteiger partial charge in [-0.05, 0) is 25.0 Å². The Kier molecular flexibility index (Phi) is 7.23. The second-order valence-electron chi connectivity index (χ2n) is 4.94. The second-order valence-corrected chi connectivity index (χ2v) is 4.94. The van der Waals surface area contributed by atoms with E-state index in [-0.39, 0.29) is 11.7 Å². The molecule has 0 aliphatic rings. The summed E-state index contributed by atoms with van der Waals surface area (Å²) >= 11 is 0. The lowest BCUT2D eigenvalue weighted by Gasteiger charge is -2.06. The van der Waals surface area contributed by atoms with Gasteiger partial charge in [0.2, 0.25) is 0 Å². The molecule has 1 heterocycles. The summed E-state index contributed by atoms with van der Waals surface area (Å²) in [4.78, 5) is 14.5. The number of aromatic hydroxyl groups is 1. The maximum atomic E-state index is 10.4. The molecule has 0 saturated heterocycles. The summed E-state index contributed by atoms with van der Waals surface area (Å²) in [6.45, 7) is 4.00. The quantitative estimate of drug-likeness (QED) is 0.864. The van der Waals surface area contributed by atoms with E-state index in [0.29, 0.717) is 5.52 Å². The zero-order valence-electron chi connectivity index (χ0n) is 12.6. The van der Waals surface area contributed by atoms with Gasteiger partial charge in [-0.1, -0.05) is 44.9 Å². The van der Waals surface area contributed by atoms with Crippen molar-refractivity contribution in [3.05, 3.63) is 36.5 Å². The average molecular weight is 289 g/mol. The highest BCUT2D eigenvalue weighted by molar-refractivity contribution is 5.83. The molecule has 21 heavy (non-hydrogen) atoms. The van der Waals surface area contributed by atoms with Gasteiger partial charge in [-0.15, -0.1) is 0 Å². The minimum absolute atomic E-state index is 0.111. The molecule has 114 valence electrons. The summed E-state index contributed by atoms with van der Waals surface area (Å²) in [5.41, 5.74) is 0.662. The maximum absolute atomic E-state index is 10.4. The molecule has 0 spiro atoms. The predicted molar refractivity (Wildman–Crippen MR) is 84.3 cm³/mol. The number of carboxylic acid groups (broad SMARTS) is 1. The van der Waals surface area contributed by atoms with Crippen LogP contribution in [0.5, 0.6) is 5.75 Å². The Morgan fingerprint density at radius 3 is 2.52 bits per heavy atom. The van der Waals surface area contributed by atoms with E-state index in [1.807, 2.05) is 25.1 Å². The van der Waals surface area contributed by atoms with E-state index in [2.05, 4.69) is 11.9 Å². The largest absolute Gasteiger partial charge is 0.506 e. The van der Waals surface area contributed by atoms with Gasteiger partial charge < -0.3 is 10.2 Å². The van der Waals surface area contributed by atoms with Crippen LogP contribution in [0.1, 0.15) is 39.5 Å². The highest BCUT2D eigenvalue weighted by Crippen LogP contribution is 2.20. The number of benzene rings is 1. The molecule has 0 aliphatic carbocycles. The van der Waals surface area contributed by atoms with E-state index in [1.165, 1.54) is 0 Å². The fraction of sp³-hybridized carbons (Fsp3) is 0.412. The number of nitrogens with zero attached hydrogens (tertiary/aromatic N) is 1. The standard InChI is InChI=1S/C9H7NO.C8H16O2/c11-8-5-1-3-7-4-2-6-10-9(7)8;1-3-5-6-7(4-2)8(9)10/h1-6,11H;7H,3-6H2,1-2H3,(H,9,10). The van der Waals surface area contributed by atoms with Gasteiger partial charge >= 0.3 is 5.97 Å². The Balaban J connectivity index is 0.000000212. The van der Waals surface area contributed by atoms with E-state index in [4.69, 9.17) is 5.11 Å². The fourth-order valence-electron chi connectivity index (χ4n) is 2.04. The van der Waals surface area contributed by atoms with Gasteiger partial charge in [0, 0.05) is 11.6 Å². The van der Waals surface area contributed by atoms with Crippen LogP contribution in [0.2, 0.25) is 0 Å². The molecule has 2 aromatic rings. The molecular formula is C17H23NO3. The third-order valence-electron chi connectivity index (χ3n) is 3.36. The number of phenolic OH excluding ortho intramolecular Hbond substituents is 1. The molecule has 0 fully saturated rings. The maximum Gasteiger partial charge on any atom is 0.306 e. The number of fused-ring (bicyclic) bond motifs is 1. The fourth-order valence-corrected chi connectivity index (χ4v) is 2.04. The lowest BCUT2D eigenvalue weighted by atomic mass is 10.00. The molecule has 1 atom stereocenters. The molecule has 4 nitrogen and oxygen atoms in total. The number of para-hydroxylation sites is 1. The van der Waals surface area contributed by atoms with Crippen molar-refractivity contribution >= 4 is 16.9 Å². The van der Waals surface area contributed by atoms with Crippen molar-refractivity contribution in [3.63, 3.8) is 0 Å². The van der Waals surface area contributed by atoms with E-state index in [9.17, 15) is 9.90 Å². The highest BCUT2D eigenvalue weighted by Gasteiger charge is 2.12. The zero-order valence-corrected chi connectivity index (χ0v) is 12.6. The van der Waals surface area contributed by atoms with Crippen molar-refractivity contribution < 1.29 is 15.0 Å². The third-order valence-corrected chi connectivity index (χ3v) is 3.36. The topological polar surface area (TPSA) is 70.4 Å². The molecule has 0 amide bonds. The first kappa shape index (κ1) is 17.0. The molecule has 0 saturated carbocycles. The number of pyridine rings is 1. The SMILES string of the molecule is CCCCC(CC)C(=O)O.Oc1cccc2cccnc12. The van der Waals surface area contributed by atoms with Gasteiger partial charge in [-0.25, -0.2) is 0 Å². The van der Waals surface area contributed by atoms with E-state index >= 15 is 0 Å². The summed E-state index contributed by atoms with van der Waals surface area (Å²) in [7, 11) is 0. The molecule has 2 rings (SSSR count). The Morgan fingerprint density at radius 1 is 1.24 bits per heavy atom. The Morgan fingerprint density at radius 2 is 1.95 bits per heavy atom. The molecule has 1 aromatic carbocycles. The highest BCUT2D eigenvalue weighted by atomic mass is 16.4. The third kappa shape index (κ3) is 5.42. The van der Waals surface area contributed by atoms with Crippen LogP contribution in [0, 0.1) is 5.92 Å². The van der Waals surface area contributed by atoms with Crippen molar-refractivity contribution in [1.82, 2.24) is 4.98 Å². The van der Waals surface area contributed by atoms with Crippen molar-refractivity contribution in [3.8, 4) is 5.75 Å². The summed E-state index contributed by atoms with van der Waals surface area (Å²) in [5.74, 6) is -0.515. The number of rotatable bonds is 5. The van der Waals surface area contributed by atoms with E-state index in [0.717, 1.165) is 31.1 Å². The van der Waals surface area contributed by atoms with Crippen LogP contribution in [0.3, 0.4) is 0 Å². The number of carbonyl (C=O) groups is 1. The smallest absolute Gasteiger partial charge is 0.306 e. The molecule has 0 bridgehead atoms. The van der Waals surface area contributed by atoms with E-state index < -0.39 is 5.97 Å². The number of unbranched alkanes of at least 4 members (excludes halogenated alkanes) is 1. The van der Waals surface area contributed by atoms with Crippen LogP contribution in [-0.4, -0.2) is 21.2 Å². The zero-order chi connectivity index (χ0) is 15.7. The number of aromatic nitrogens is 1. The number of hydrogen-bond acceptors (Lipinski definition) is 3. The van der Waals surface area contributed by atoms with Gasteiger partial charge in [0.05, 0.1) is 5.92 Å². The Hall–Kier alpha value is -2.10. The van der Waals surface area contributed by atoms with Gasteiger partial charge in [0.1, 0.15) is 11.3 Å². The van der Waals surface area contributed by atoms with Gasteiger partial charge in [0.25, 0.3) is 0 Å². The molecule has 4 heteroatoms. The van der Waals surface area contributed by atoms with Crippen LogP contribution in [0.15, 0.2) is 36.5 Å². The number of phenols is 1. The van der Waals surface area contributed by atoms with Crippen molar-refractivity contribution in [1.29, 1.82) is 0 Å². The van der Waals surface area contributed by atoms with Crippen molar-refractivity contribution in [2.75, 3.05) is 0 Å². The summed E-state index contributed by atoms with van der Waals surface area (Å²) < 4.78 is 0. The molecule has 0 aliphatic heterocycles. The first-order chi connectivity index (χ1) is 10.1. The lowest BCUT2D eigenvalue weighted by Crippen LogP contribution is -2.11. The second kappa shape index (κ2) is 8.95. The minimum atomic E-state index is -0.643. The lowest BCUT2D eigenvalue weighted by molar-refractivity contribution is -0.142. The normalized spacial score (nSPS) is 11.5. The average Bonchev–Trinajstić information content (AvgIpc) is 2.49. The van der Waals surface area contributed by atoms with Crippen LogP contribution in [0.4, 0.5) is 0 Å². The molecular weight excluding hydrogens is 266 g/mol. The Labute approximate surface area is 125 Å². The molecule has 2 N–H and O–H groups in total. The van der Waals surface area contributed by atoms with Crippen molar-refractivity contribution in [2.24, 2.45) is 5.92 Å². The van der Waals surface area contributed by atoms with Crippen LogP contribution in [-0.2, 0) is 4.79 Å². The molecule has 1 aromatic heterocycles. The first-order valence-corrected chi connectivity index (χ1v) is 7.35. The predicted octanol–water partition coefficient (Wildman–Crippen LogP) is 4.23. The monoisotopic (exact) mass is 289 g/mol. The summed E-state index contributed by atoms with van der Waals surface area (Å²) in [5, 5.41) is 18.9. The van der Waals surface area contributed by atoms with Crippen molar-refractivity contribution in [2.45, 2.75) is 39.5 Å². The van der Waals surface area contributed by atoms with Crippen LogP contribution >= 0.6 is 0 Å².